The molecule has 184 valence electrons. The maximum atomic E-state index is 12.6. The quantitative estimate of drug-likeness (QED) is 0.274. The van der Waals surface area contributed by atoms with Crippen LogP contribution in [0, 0.1) is 0 Å². The summed E-state index contributed by atoms with van der Waals surface area (Å²) in [7, 11) is 0. The number of aliphatic imine (C=N–C) groups is 1. The lowest BCUT2D eigenvalue weighted by molar-refractivity contribution is -0.138. The molecule has 5 nitrogen and oxygen atoms in total. The van der Waals surface area contributed by atoms with E-state index in [-0.39, 0.29) is 24.5 Å². The Balaban J connectivity index is 1.58. The van der Waals surface area contributed by atoms with Crippen LogP contribution in [0.3, 0.4) is 0 Å². The molecule has 0 saturated heterocycles. The van der Waals surface area contributed by atoms with Gasteiger partial charge in [-0.05, 0) is 70.9 Å². The van der Waals surface area contributed by atoms with Crippen molar-refractivity contribution in [2.45, 2.75) is 13.5 Å². The van der Waals surface area contributed by atoms with Gasteiger partial charge in [-0.15, -0.1) is 0 Å². The molecule has 0 radical (unpaired) electrons. The van der Waals surface area contributed by atoms with Crippen molar-refractivity contribution in [3.8, 4) is 5.75 Å². The van der Waals surface area contributed by atoms with Crippen molar-refractivity contribution in [1.29, 1.82) is 0 Å². The van der Waals surface area contributed by atoms with Crippen molar-refractivity contribution in [3.05, 3.63) is 109 Å². The summed E-state index contributed by atoms with van der Waals surface area (Å²) >= 11 is 16.9. The van der Waals surface area contributed by atoms with Crippen molar-refractivity contribution in [3.63, 3.8) is 0 Å². The molecule has 0 aromatic heterocycles. The van der Waals surface area contributed by atoms with E-state index in [2.05, 4.69) is 20.9 Å². The van der Waals surface area contributed by atoms with E-state index in [1.54, 1.807) is 25.1 Å². The number of carbonyl (C=O) groups is 1. The lowest BCUT2D eigenvalue weighted by atomic mass is 10.1. The minimum atomic E-state index is -0.619. The molecule has 0 unspecified atom stereocenters. The molecule has 0 amide bonds. The molecule has 36 heavy (non-hydrogen) atoms. The summed E-state index contributed by atoms with van der Waals surface area (Å²) in [5.74, 6) is -0.158. The normalized spacial score (nSPS) is 15.6. The minimum Gasteiger partial charge on any atom is -0.506 e. The minimum absolute atomic E-state index is 0.0517. The van der Waals surface area contributed by atoms with Gasteiger partial charge >= 0.3 is 5.97 Å². The second kappa shape index (κ2) is 12.0. The van der Waals surface area contributed by atoms with Crippen molar-refractivity contribution in [2.75, 3.05) is 6.61 Å². The predicted molar refractivity (Wildman–Crippen MR) is 150 cm³/mol. The zero-order valence-corrected chi connectivity index (χ0v) is 22.9. The van der Waals surface area contributed by atoms with E-state index in [9.17, 15) is 9.90 Å². The number of carbonyl (C=O) groups excluding carboxylic acids is 1. The highest BCUT2D eigenvalue weighted by Crippen LogP contribution is 2.41. The van der Waals surface area contributed by atoms with Crippen LogP contribution in [0.5, 0.6) is 5.75 Å². The lowest BCUT2D eigenvalue weighted by Crippen LogP contribution is -2.12. The van der Waals surface area contributed by atoms with Crippen molar-refractivity contribution in [2.24, 2.45) is 4.99 Å². The first-order valence-corrected chi connectivity index (χ1v) is 13.2. The van der Waals surface area contributed by atoms with Gasteiger partial charge in [0.25, 0.3) is 0 Å². The van der Waals surface area contributed by atoms with Gasteiger partial charge in [0, 0.05) is 15.6 Å². The van der Waals surface area contributed by atoms with E-state index in [0.717, 1.165) is 15.6 Å². The fourth-order valence-corrected chi connectivity index (χ4v) is 5.29. The molecule has 0 spiro atoms. The monoisotopic (exact) mass is 603 g/mol. The van der Waals surface area contributed by atoms with Gasteiger partial charge in [-0.25, -0.2) is 9.79 Å². The summed E-state index contributed by atoms with van der Waals surface area (Å²) in [5, 5.41) is 12.4. The van der Waals surface area contributed by atoms with E-state index in [1.807, 2.05) is 54.6 Å². The first kappa shape index (κ1) is 26.4. The van der Waals surface area contributed by atoms with Gasteiger partial charge in [0.1, 0.15) is 28.7 Å². The van der Waals surface area contributed by atoms with E-state index in [0.29, 0.717) is 31.4 Å². The molecule has 0 atom stereocenters. The van der Waals surface area contributed by atoms with Gasteiger partial charge in [0.2, 0.25) is 0 Å². The largest absolute Gasteiger partial charge is 0.506 e. The van der Waals surface area contributed by atoms with E-state index in [4.69, 9.17) is 32.7 Å². The SMILES string of the molecule is CCOC(=O)C1=C(O)/C(=C/c2ccc(OCc3ccc(Cl)cc3Cl)c(Br)c2)SC1=Nc1ccccc1. The Hall–Kier alpha value is -2.71. The number of halogens is 3. The number of hydrogen-bond acceptors (Lipinski definition) is 6. The molecule has 0 bridgehead atoms. The molecule has 1 aliphatic heterocycles. The number of esters is 1. The zero-order chi connectivity index (χ0) is 25.7. The molecule has 1 aliphatic rings. The molecule has 3 aromatic carbocycles. The van der Waals surface area contributed by atoms with Gasteiger partial charge in [0.15, 0.2) is 0 Å². The Morgan fingerprint density at radius 3 is 2.58 bits per heavy atom. The van der Waals surface area contributed by atoms with Crippen LogP contribution >= 0.6 is 50.9 Å². The smallest absolute Gasteiger partial charge is 0.344 e. The third kappa shape index (κ3) is 6.34. The van der Waals surface area contributed by atoms with Crippen molar-refractivity contribution < 1.29 is 19.4 Å². The fourth-order valence-electron chi connectivity index (χ4n) is 3.28. The molecular formula is C27H20BrCl2NO4S. The van der Waals surface area contributed by atoms with Crippen LogP contribution < -0.4 is 4.74 Å². The van der Waals surface area contributed by atoms with Crippen LogP contribution in [0.25, 0.3) is 6.08 Å². The summed E-state index contributed by atoms with van der Waals surface area (Å²) < 4.78 is 11.8. The predicted octanol–water partition coefficient (Wildman–Crippen LogP) is 8.53. The lowest BCUT2D eigenvalue weighted by Gasteiger charge is -2.10. The average molecular weight is 605 g/mol. The summed E-state index contributed by atoms with van der Waals surface area (Å²) in [5.41, 5.74) is 2.32. The molecule has 3 aromatic rings. The van der Waals surface area contributed by atoms with Crippen molar-refractivity contribution >= 4 is 73.7 Å². The van der Waals surface area contributed by atoms with Gasteiger partial charge < -0.3 is 14.6 Å². The Morgan fingerprint density at radius 1 is 1.11 bits per heavy atom. The third-order valence-corrected chi connectivity index (χ3v) is 7.24. The highest BCUT2D eigenvalue weighted by molar-refractivity contribution is 9.10. The molecule has 9 heteroatoms. The number of aliphatic hydroxyl groups is 1. The van der Waals surface area contributed by atoms with E-state index >= 15 is 0 Å². The van der Waals surface area contributed by atoms with Gasteiger partial charge in [-0.2, -0.15) is 0 Å². The number of ether oxygens (including phenoxy) is 2. The molecular weight excluding hydrogens is 585 g/mol. The summed E-state index contributed by atoms with van der Waals surface area (Å²) in [6, 6.07) is 20.0. The molecule has 4 rings (SSSR count). The molecule has 0 fully saturated rings. The second-order valence-electron chi connectivity index (χ2n) is 7.52. The maximum Gasteiger partial charge on any atom is 0.344 e. The van der Waals surface area contributed by atoms with Gasteiger partial charge in [0.05, 0.1) is 21.7 Å². The summed E-state index contributed by atoms with van der Waals surface area (Å²) in [6.45, 7) is 2.18. The Bertz CT molecular complexity index is 1390. The number of aliphatic hydroxyl groups excluding tert-OH is 1. The highest BCUT2D eigenvalue weighted by Gasteiger charge is 2.33. The average Bonchev–Trinajstić information content (AvgIpc) is 3.14. The summed E-state index contributed by atoms with van der Waals surface area (Å²) in [6.07, 6.45) is 1.78. The first-order valence-electron chi connectivity index (χ1n) is 10.9. The molecule has 0 saturated carbocycles. The van der Waals surface area contributed by atoms with Crippen LogP contribution in [0.4, 0.5) is 5.69 Å². The van der Waals surface area contributed by atoms with Crippen LogP contribution in [-0.4, -0.2) is 22.7 Å². The highest BCUT2D eigenvalue weighted by atomic mass is 79.9. The molecule has 1 N–H and O–H groups in total. The Kier molecular flexibility index (Phi) is 8.80. The second-order valence-corrected chi connectivity index (χ2v) is 10.3. The maximum absolute atomic E-state index is 12.6. The number of para-hydroxylation sites is 1. The molecule has 0 aliphatic carbocycles. The third-order valence-electron chi connectivity index (χ3n) is 5.01. The van der Waals surface area contributed by atoms with Gasteiger partial charge in [-0.3, -0.25) is 0 Å². The fraction of sp³-hybridized carbons (Fsp3) is 0.111. The number of benzene rings is 3. The Morgan fingerprint density at radius 2 is 1.89 bits per heavy atom. The first-order chi connectivity index (χ1) is 17.4. The van der Waals surface area contributed by atoms with E-state index < -0.39 is 5.97 Å². The van der Waals surface area contributed by atoms with Crippen LogP contribution in [0.15, 0.2) is 92.4 Å². The standard InChI is InChI=1S/C27H20BrCl2NO4S/c1-2-34-27(33)24-25(32)23(36-26(24)31-19-6-4-3-5-7-19)13-16-8-11-22(20(28)12-16)35-15-17-9-10-18(29)14-21(17)30/h3-14,32H,2,15H2,1H3/b23-13-,31-26?. The number of nitrogens with zero attached hydrogens (tertiary/aromatic N) is 1. The zero-order valence-electron chi connectivity index (χ0n) is 19.0. The topological polar surface area (TPSA) is 68.1 Å². The molecule has 1 heterocycles. The number of rotatable bonds is 7. The Labute approximate surface area is 231 Å². The van der Waals surface area contributed by atoms with E-state index in [1.165, 1.54) is 11.8 Å². The number of hydrogen-bond donors (Lipinski definition) is 1. The van der Waals surface area contributed by atoms with Crippen LogP contribution in [0.1, 0.15) is 18.1 Å². The summed E-state index contributed by atoms with van der Waals surface area (Å²) in [4.78, 5) is 17.6. The van der Waals surface area contributed by atoms with Gasteiger partial charge in [-0.1, -0.05) is 65.3 Å². The number of thioether (sulfide) groups is 1. The van der Waals surface area contributed by atoms with Crippen LogP contribution in [0.2, 0.25) is 10.0 Å². The van der Waals surface area contributed by atoms with Crippen molar-refractivity contribution in [1.82, 2.24) is 0 Å². The van der Waals surface area contributed by atoms with Crippen LogP contribution in [-0.2, 0) is 16.1 Å².